The van der Waals surface area contributed by atoms with Crippen molar-refractivity contribution in [3.05, 3.63) is 18.2 Å². The maximum atomic E-state index is 10.5. The van der Waals surface area contributed by atoms with Crippen molar-refractivity contribution >= 4 is 5.97 Å². The van der Waals surface area contributed by atoms with Crippen LogP contribution in [0.1, 0.15) is 12.7 Å². The molecular formula is C10H17N3O2. The van der Waals surface area contributed by atoms with Crippen molar-refractivity contribution in [3.63, 3.8) is 0 Å². The third-order valence-electron chi connectivity index (χ3n) is 2.38. The molecule has 1 rings (SSSR count). The zero-order valence-corrected chi connectivity index (χ0v) is 9.18. The lowest BCUT2D eigenvalue weighted by Gasteiger charge is -2.17. The number of hydrogen-bond acceptors (Lipinski definition) is 3. The van der Waals surface area contributed by atoms with E-state index in [-0.39, 0.29) is 6.54 Å². The Morgan fingerprint density at radius 2 is 2.40 bits per heavy atom. The maximum absolute atomic E-state index is 10.5. The standard InChI is InChI=1S/C10H17N3O2/c1-3-13(8-10(14)15)6-4-9-11-5-7-12(9)2/h5,7H,3-4,6,8H2,1-2H3,(H,14,15). The van der Waals surface area contributed by atoms with Crippen LogP contribution in [-0.2, 0) is 18.3 Å². The topological polar surface area (TPSA) is 58.4 Å². The third-order valence-corrected chi connectivity index (χ3v) is 2.38. The molecule has 0 unspecified atom stereocenters. The van der Waals surface area contributed by atoms with Crippen LogP contribution in [0.25, 0.3) is 0 Å². The minimum Gasteiger partial charge on any atom is -0.480 e. The van der Waals surface area contributed by atoms with Gasteiger partial charge >= 0.3 is 5.97 Å². The molecule has 0 aliphatic heterocycles. The van der Waals surface area contributed by atoms with Crippen LogP contribution < -0.4 is 0 Å². The van der Waals surface area contributed by atoms with Gasteiger partial charge in [-0.3, -0.25) is 9.69 Å². The smallest absolute Gasteiger partial charge is 0.317 e. The molecule has 15 heavy (non-hydrogen) atoms. The molecule has 0 saturated heterocycles. The highest BCUT2D eigenvalue weighted by molar-refractivity contribution is 5.69. The van der Waals surface area contributed by atoms with Gasteiger partial charge in [0.05, 0.1) is 6.54 Å². The van der Waals surface area contributed by atoms with Gasteiger partial charge < -0.3 is 9.67 Å². The molecule has 0 aliphatic carbocycles. The molecule has 0 amide bonds. The number of carbonyl (C=O) groups is 1. The van der Waals surface area contributed by atoms with Gasteiger partial charge in [0, 0.05) is 32.4 Å². The van der Waals surface area contributed by atoms with Crippen molar-refractivity contribution in [2.75, 3.05) is 19.6 Å². The van der Waals surface area contributed by atoms with Gasteiger partial charge in [-0.05, 0) is 6.54 Å². The molecule has 0 spiro atoms. The van der Waals surface area contributed by atoms with Crippen LogP contribution in [-0.4, -0.2) is 45.2 Å². The normalized spacial score (nSPS) is 10.9. The summed E-state index contributed by atoms with van der Waals surface area (Å²) in [6.07, 6.45) is 4.43. The number of aromatic nitrogens is 2. The minimum atomic E-state index is -0.781. The lowest BCUT2D eigenvalue weighted by molar-refractivity contribution is -0.138. The molecule has 0 fully saturated rings. The molecule has 5 heteroatoms. The largest absolute Gasteiger partial charge is 0.480 e. The van der Waals surface area contributed by atoms with Gasteiger partial charge in [0.1, 0.15) is 5.82 Å². The summed E-state index contributed by atoms with van der Waals surface area (Å²) >= 11 is 0. The fourth-order valence-electron chi connectivity index (χ4n) is 1.44. The lowest BCUT2D eigenvalue weighted by Crippen LogP contribution is -2.31. The van der Waals surface area contributed by atoms with Gasteiger partial charge in [-0.25, -0.2) is 4.98 Å². The molecule has 1 heterocycles. The van der Waals surface area contributed by atoms with Gasteiger partial charge in [0.25, 0.3) is 0 Å². The van der Waals surface area contributed by atoms with E-state index in [9.17, 15) is 4.79 Å². The Hall–Kier alpha value is -1.36. The molecule has 5 nitrogen and oxygen atoms in total. The van der Waals surface area contributed by atoms with Crippen LogP contribution in [0.3, 0.4) is 0 Å². The van der Waals surface area contributed by atoms with Crippen LogP contribution in [0.5, 0.6) is 0 Å². The average Bonchev–Trinajstić information content (AvgIpc) is 2.58. The number of hydrogen-bond donors (Lipinski definition) is 1. The molecule has 0 aromatic carbocycles. The Morgan fingerprint density at radius 1 is 1.67 bits per heavy atom. The van der Waals surface area contributed by atoms with Crippen molar-refractivity contribution in [2.24, 2.45) is 7.05 Å². The van der Waals surface area contributed by atoms with Gasteiger partial charge in [-0.2, -0.15) is 0 Å². The molecule has 0 radical (unpaired) electrons. The molecule has 0 atom stereocenters. The summed E-state index contributed by atoms with van der Waals surface area (Å²) in [5, 5.41) is 8.66. The quantitative estimate of drug-likeness (QED) is 0.738. The van der Waals surface area contributed by atoms with Crippen LogP contribution in [0.4, 0.5) is 0 Å². The Morgan fingerprint density at radius 3 is 2.87 bits per heavy atom. The van der Waals surface area contributed by atoms with E-state index in [2.05, 4.69) is 4.98 Å². The summed E-state index contributed by atoms with van der Waals surface area (Å²) in [5.74, 6) is 0.204. The van der Waals surface area contributed by atoms with E-state index in [0.29, 0.717) is 0 Å². The van der Waals surface area contributed by atoms with Crippen molar-refractivity contribution in [2.45, 2.75) is 13.3 Å². The zero-order valence-electron chi connectivity index (χ0n) is 9.18. The number of nitrogens with zero attached hydrogens (tertiary/aromatic N) is 3. The van der Waals surface area contributed by atoms with Crippen LogP contribution >= 0.6 is 0 Å². The second-order valence-electron chi connectivity index (χ2n) is 3.47. The van der Waals surface area contributed by atoms with E-state index < -0.39 is 5.97 Å². The Labute approximate surface area is 89.3 Å². The van der Waals surface area contributed by atoms with Crippen LogP contribution in [0, 0.1) is 0 Å². The fourth-order valence-corrected chi connectivity index (χ4v) is 1.44. The second-order valence-corrected chi connectivity index (χ2v) is 3.47. The minimum absolute atomic E-state index is 0.0981. The summed E-state index contributed by atoms with van der Waals surface area (Å²) in [6.45, 7) is 3.53. The monoisotopic (exact) mass is 211 g/mol. The summed E-state index contributed by atoms with van der Waals surface area (Å²) < 4.78 is 1.95. The Balaban J connectivity index is 2.41. The van der Waals surface area contributed by atoms with Crippen molar-refractivity contribution in [1.29, 1.82) is 0 Å². The van der Waals surface area contributed by atoms with Crippen molar-refractivity contribution < 1.29 is 9.90 Å². The summed E-state index contributed by atoms with van der Waals surface area (Å²) in [5.41, 5.74) is 0. The first kappa shape index (κ1) is 11.7. The highest BCUT2D eigenvalue weighted by Crippen LogP contribution is 1.98. The number of aliphatic carboxylic acids is 1. The molecular weight excluding hydrogens is 194 g/mol. The predicted molar refractivity (Wildman–Crippen MR) is 56.7 cm³/mol. The SMILES string of the molecule is CCN(CCc1nccn1C)CC(=O)O. The first-order valence-electron chi connectivity index (χ1n) is 5.03. The summed E-state index contributed by atoms with van der Waals surface area (Å²) in [7, 11) is 1.94. The van der Waals surface area contributed by atoms with E-state index in [1.807, 2.05) is 29.6 Å². The Bertz CT molecular complexity index is 322. The number of carboxylic acid groups (broad SMARTS) is 1. The number of likely N-dealkylation sites (N-methyl/N-ethyl adjacent to an activating group) is 1. The molecule has 84 valence electrons. The lowest BCUT2D eigenvalue weighted by atomic mass is 10.3. The number of rotatable bonds is 6. The fraction of sp³-hybridized carbons (Fsp3) is 0.600. The molecule has 0 bridgehead atoms. The van der Waals surface area contributed by atoms with E-state index in [0.717, 1.165) is 25.3 Å². The van der Waals surface area contributed by atoms with Crippen LogP contribution in [0.2, 0.25) is 0 Å². The molecule has 1 N–H and O–H groups in total. The molecule has 0 aliphatic rings. The van der Waals surface area contributed by atoms with E-state index in [1.165, 1.54) is 0 Å². The highest BCUT2D eigenvalue weighted by atomic mass is 16.4. The van der Waals surface area contributed by atoms with E-state index in [4.69, 9.17) is 5.11 Å². The molecule has 1 aromatic heterocycles. The second kappa shape index (κ2) is 5.50. The van der Waals surface area contributed by atoms with Gasteiger partial charge in [0.2, 0.25) is 0 Å². The maximum Gasteiger partial charge on any atom is 0.317 e. The average molecular weight is 211 g/mol. The van der Waals surface area contributed by atoms with Gasteiger partial charge in [-0.15, -0.1) is 0 Å². The van der Waals surface area contributed by atoms with Gasteiger partial charge in [0.15, 0.2) is 0 Å². The first-order valence-corrected chi connectivity index (χ1v) is 5.03. The number of imidazole rings is 1. The summed E-state index contributed by atoms with van der Waals surface area (Å²) in [6, 6.07) is 0. The number of carboxylic acids is 1. The molecule has 0 saturated carbocycles. The molecule has 1 aromatic rings. The first-order chi connectivity index (χ1) is 7.13. The predicted octanol–water partition coefficient (Wildman–Crippen LogP) is 0.369. The third kappa shape index (κ3) is 3.71. The van der Waals surface area contributed by atoms with Crippen LogP contribution in [0.15, 0.2) is 12.4 Å². The van der Waals surface area contributed by atoms with Crippen molar-refractivity contribution in [1.82, 2.24) is 14.5 Å². The van der Waals surface area contributed by atoms with E-state index >= 15 is 0 Å². The number of aryl methyl sites for hydroxylation is 1. The summed E-state index contributed by atoms with van der Waals surface area (Å²) in [4.78, 5) is 16.6. The Kier molecular flexibility index (Phi) is 4.30. The zero-order chi connectivity index (χ0) is 11.3. The highest BCUT2D eigenvalue weighted by Gasteiger charge is 2.08. The van der Waals surface area contributed by atoms with Gasteiger partial charge in [-0.1, -0.05) is 6.92 Å². The van der Waals surface area contributed by atoms with E-state index in [1.54, 1.807) is 6.20 Å². The van der Waals surface area contributed by atoms with Crippen molar-refractivity contribution in [3.8, 4) is 0 Å².